The Morgan fingerprint density at radius 3 is 2.83 bits per heavy atom. The summed E-state index contributed by atoms with van der Waals surface area (Å²) in [5.41, 5.74) is -0.398. The first kappa shape index (κ1) is 16.7. The number of nitrogens with zero attached hydrogens (tertiary/aromatic N) is 1. The summed E-state index contributed by atoms with van der Waals surface area (Å²) in [6.07, 6.45) is 3.75. The van der Waals surface area contributed by atoms with Gasteiger partial charge in [-0.1, -0.05) is 24.3 Å². The van der Waals surface area contributed by atoms with Crippen molar-refractivity contribution in [3.8, 4) is 0 Å². The molecule has 1 N–H and O–H groups in total. The Hall–Kier alpha value is -2.70. The Kier molecular flexibility index (Phi) is 5.10. The smallest absolute Gasteiger partial charge is 0.323 e. The number of benzene rings is 1. The van der Waals surface area contributed by atoms with Crippen molar-refractivity contribution in [2.75, 3.05) is 5.32 Å². The summed E-state index contributed by atoms with van der Waals surface area (Å²) in [4.78, 5) is 22.2. The second-order valence-electron chi connectivity index (χ2n) is 4.93. The van der Waals surface area contributed by atoms with Crippen LogP contribution in [-0.4, -0.2) is 5.91 Å². The summed E-state index contributed by atoms with van der Waals surface area (Å²) in [6, 6.07) is 4.39. The van der Waals surface area contributed by atoms with Gasteiger partial charge in [0.1, 0.15) is 0 Å². The summed E-state index contributed by atoms with van der Waals surface area (Å²) in [6.45, 7) is 0. The molecular formula is C16H13F3N2O2. The quantitative estimate of drug-likeness (QED) is 0.658. The van der Waals surface area contributed by atoms with Crippen molar-refractivity contribution in [1.82, 2.24) is 0 Å². The maximum atomic E-state index is 12.6. The number of amides is 1. The number of rotatable bonds is 4. The van der Waals surface area contributed by atoms with Gasteiger partial charge in [0.25, 0.3) is 0 Å². The van der Waals surface area contributed by atoms with Crippen LogP contribution in [0.4, 0.5) is 18.9 Å². The van der Waals surface area contributed by atoms with Crippen LogP contribution in [0.5, 0.6) is 0 Å². The Morgan fingerprint density at radius 2 is 2.13 bits per heavy atom. The minimum Gasteiger partial charge on any atom is -0.323 e. The summed E-state index contributed by atoms with van der Waals surface area (Å²) < 4.78 is 37.8. The van der Waals surface area contributed by atoms with Gasteiger partial charge in [-0.05, 0) is 35.5 Å². The zero-order valence-corrected chi connectivity index (χ0v) is 11.9. The van der Waals surface area contributed by atoms with Crippen molar-refractivity contribution in [3.05, 3.63) is 70.8 Å². The van der Waals surface area contributed by atoms with E-state index in [0.29, 0.717) is 12.1 Å². The van der Waals surface area contributed by atoms with Gasteiger partial charge in [-0.25, -0.2) is 0 Å². The number of carbonyl (C=O) groups is 1. The molecule has 1 amide bonds. The summed E-state index contributed by atoms with van der Waals surface area (Å²) in [5, 5.41) is 5.21. The Morgan fingerprint density at radius 1 is 1.35 bits per heavy atom. The van der Waals surface area contributed by atoms with Gasteiger partial charge in [0, 0.05) is 18.0 Å². The van der Waals surface area contributed by atoms with Gasteiger partial charge in [-0.15, -0.1) is 4.91 Å². The lowest BCUT2D eigenvalue weighted by atomic mass is 9.98. The summed E-state index contributed by atoms with van der Waals surface area (Å²) in [7, 11) is 0. The molecule has 0 aromatic heterocycles. The summed E-state index contributed by atoms with van der Waals surface area (Å²) in [5.74, 6) is -0.701. The standard InChI is InChI=1S/C16H13F3N2O2/c17-16(18,19)12-4-2-5-13(10-12)20-15(22)8-7-11-3-1-6-14(9-11)21-23/h1-8,10-11H,9H2,(H,20,22)/b8-7+. The molecule has 1 aliphatic rings. The first-order valence-corrected chi connectivity index (χ1v) is 6.75. The number of nitroso groups, excluding NO2 is 1. The van der Waals surface area contributed by atoms with Gasteiger partial charge in [0.05, 0.1) is 11.3 Å². The monoisotopic (exact) mass is 322 g/mol. The molecule has 23 heavy (non-hydrogen) atoms. The van der Waals surface area contributed by atoms with Crippen molar-refractivity contribution in [2.24, 2.45) is 11.1 Å². The van der Waals surface area contributed by atoms with Crippen LogP contribution in [0.1, 0.15) is 12.0 Å². The highest BCUT2D eigenvalue weighted by atomic mass is 19.4. The first-order chi connectivity index (χ1) is 10.9. The van der Waals surface area contributed by atoms with E-state index in [1.165, 1.54) is 18.2 Å². The largest absolute Gasteiger partial charge is 0.416 e. The highest BCUT2D eigenvalue weighted by Crippen LogP contribution is 2.30. The average Bonchev–Trinajstić information content (AvgIpc) is 2.52. The minimum absolute atomic E-state index is 0.0591. The molecule has 1 aliphatic carbocycles. The topological polar surface area (TPSA) is 58.5 Å². The molecular weight excluding hydrogens is 309 g/mol. The molecule has 1 atom stereocenters. The number of hydrogen-bond donors (Lipinski definition) is 1. The lowest BCUT2D eigenvalue weighted by Crippen LogP contribution is -2.11. The van der Waals surface area contributed by atoms with E-state index < -0.39 is 17.6 Å². The van der Waals surface area contributed by atoms with Gasteiger partial charge in [0.15, 0.2) is 0 Å². The van der Waals surface area contributed by atoms with E-state index in [2.05, 4.69) is 10.5 Å². The molecule has 2 rings (SSSR count). The van der Waals surface area contributed by atoms with Gasteiger partial charge in [-0.3, -0.25) is 4.79 Å². The minimum atomic E-state index is -4.46. The number of hydrogen-bond acceptors (Lipinski definition) is 3. The maximum absolute atomic E-state index is 12.6. The molecule has 120 valence electrons. The molecule has 0 fully saturated rings. The third kappa shape index (κ3) is 4.91. The highest BCUT2D eigenvalue weighted by molar-refractivity contribution is 5.99. The lowest BCUT2D eigenvalue weighted by molar-refractivity contribution is -0.137. The second-order valence-corrected chi connectivity index (χ2v) is 4.93. The van der Waals surface area contributed by atoms with Crippen LogP contribution < -0.4 is 5.32 Å². The maximum Gasteiger partial charge on any atom is 0.416 e. The van der Waals surface area contributed by atoms with Crippen molar-refractivity contribution in [3.63, 3.8) is 0 Å². The normalized spacial score (nSPS) is 17.9. The summed E-state index contributed by atoms with van der Waals surface area (Å²) >= 11 is 0. The van der Waals surface area contributed by atoms with E-state index in [0.717, 1.165) is 12.1 Å². The zero-order chi connectivity index (χ0) is 16.9. The van der Waals surface area contributed by atoms with E-state index >= 15 is 0 Å². The van der Waals surface area contributed by atoms with Crippen LogP contribution in [-0.2, 0) is 11.0 Å². The number of nitrogens with one attached hydrogen (secondary N) is 1. The van der Waals surface area contributed by atoms with Crippen LogP contribution in [0.25, 0.3) is 0 Å². The number of allylic oxidation sites excluding steroid dienone is 5. The molecule has 1 aromatic carbocycles. The molecule has 0 radical (unpaired) electrons. The number of anilines is 1. The predicted molar refractivity (Wildman–Crippen MR) is 80.3 cm³/mol. The van der Waals surface area contributed by atoms with Crippen LogP contribution >= 0.6 is 0 Å². The molecule has 1 aromatic rings. The Bertz CT molecular complexity index is 691. The van der Waals surface area contributed by atoms with Crippen LogP contribution in [0, 0.1) is 10.8 Å². The van der Waals surface area contributed by atoms with Crippen LogP contribution in [0.15, 0.2) is 65.5 Å². The molecule has 0 heterocycles. The van der Waals surface area contributed by atoms with E-state index in [1.807, 2.05) is 0 Å². The fourth-order valence-electron chi connectivity index (χ4n) is 2.06. The van der Waals surface area contributed by atoms with E-state index in [1.54, 1.807) is 24.3 Å². The predicted octanol–water partition coefficient (Wildman–Crippen LogP) is 4.43. The third-order valence-corrected chi connectivity index (χ3v) is 3.16. The van der Waals surface area contributed by atoms with Gasteiger partial charge >= 0.3 is 6.18 Å². The SMILES string of the molecule is O=NC1=CC=CC(/C=C/C(=O)Nc2cccc(C(F)(F)F)c2)C1. The van der Waals surface area contributed by atoms with E-state index in [4.69, 9.17) is 0 Å². The van der Waals surface area contributed by atoms with Gasteiger partial charge in [0.2, 0.25) is 5.91 Å². The van der Waals surface area contributed by atoms with Crippen molar-refractivity contribution in [2.45, 2.75) is 12.6 Å². The molecule has 0 saturated heterocycles. The molecule has 0 saturated carbocycles. The van der Waals surface area contributed by atoms with Crippen LogP contribution in [0.2, 0.25) is 0 Å². The molecule has 1 unspecified atom stereocenters. The Balaban J connectivity index is 1.98. The number of alkyl halides is 3. The van der Waals surface area contributed by atoms with E-state index in [-0.39, 0.29) is 11.6 Å². The van der Waals surface area contributed by atoms with Crippen LogP contribution in [0.3, 0.4) is 0 Å². The third-order valence-electron chi connectivity index (χ3n) is 3.16. The zero-order valence-electron chi connectivity index (χ0n) is 11.9. The molecule has 0 aliphatic heterocycles. The fraction of sp³-hybridized carbons (Fsp3) is 0.188. The molecule has 0 bridgehead atoms. The van der Waals surface area contributed by atoms with Crippen molar-refractivity contribution >= 4 is 11.6 Å². The average molecular weight is 322 g/mol. The lowest BCUT2D eigenvalue weighted by Gasteiger charge is -2.10. The molecule has 4 nitrogen and oxygen atoms in total. The highest BCUT2D eigenvalue weighted by Gasteiger charge is 2.30. The van der Waals surface area contributed by atoms with Crippen molar-refractivity contribution in [1.29, 1.82) is 0 Å². The Labute approximate surface area is 130 Å². The molecule has 7 heteroatoms. The number of halogens is 3. The first-order valence-electron chi connectivity index (χ1n) is 6.75. The number of carbonyl (C=O) groups excluding carboxylic acids is 1. The second kappa shape index (κ2) is 7.04. The molecule has 0 spiro atoms. The van der Waals surface area contributed by atoms with E-state index in [9.17, 15) is 22.9 Å². The fourth-order valence-corrected chi connectivity index (χ4v) is 2.06. The van der Waals surface area contributed by atoms with Crippen molar-refractivity contribution < 1.29 is 18.0 Å². The van der Waals surface area contributed by atoms with Gasteiger partial charge < -0.3 is 5.32 Å². The van der Waals surface area contributed by atoms with Gasteiger partial charge in [-0.2, -0.15) is 13.2 Å².